The second kappa shape index (κ2) is 53.2. The SMILES string of the molecule is CC/C=C/C/C=C/C/C=C/C/C=C/C/C=C/CCCC(=O)OC(COC(=O)CC/C=C/C/C=C/CCCCCCCC)COC(=O)CCCCCCC/C=C/C=C/C=C/C=C/CCCCC. The van der Waals surface area contributed by atoms with Crippen molar-refractivity contribution in [1.82, 2.24) is 0 Å². The summed E-state index contributed by atoms with van der Waals surface area (Å²) < 4.78 is 16.7. The lowest BCUT2D eigenvalue weighted by atomic mass is 10.1. The van der Waals surface area contributed by atoms with Crippen LogP contribution >= 0.6 is 0 Å². The lowest BCUT2D eigenvalue weighted by Crippen LogP contribution is -2.30. The molecule has 0 rings (SSSR count). The highest BCUT2D eigenvalue weighted by atomic mass is 16.6. The van der Waals surface area contributed by atoms with Crippen LogP contribution in [0.1, 0.15) is 207 Å². The molecule has 0 bridgehead atoms. The van der Waals surface area contributed by atoms with Crippen LogP contribution in [-0.2, 0) is 28.6 Å². The minimum absolute atomic E-state index is 0.135. The van der Waals surface area contributed by atoms with E-state index in [4.69, 9.17) is 14.2 Å². The molecule has 0 saturated carbocycles. The van der Waals surface area contributed by atoms with Crippen LogP contribution in [-0.4, -0.2) is 37.2 Å². The Morgan fingerprint density at radius 3 is 1.23 bits per heavy atom. The molecule has 370 valence electrons. The molecule has 0 aliphatic heterocycles. The summed E-state index contributed by atoms with van der Waals surface area (Å²) in [6.45, 7) is 6.33. The van der Waals surface area contributed by atoms with Crippen molar-refractivity contribution >= 4 is 17.9 Å². The summed E-state index contributed by atoms with van der Waals surface area (Å²) in [6.07, 6.45) is 74.5. The van der Waals surface area contributed by atoms with Gasteiger partial charge in [0.15, 0.2) is 6.10 Å². The lowest BCUT2D eigenvalue weighted by molar-refractivity contribution is -0.166. The smallest absolute Gasteiger partial charge is 0.306 e. The molecule has 0 aliphatic rings. The summed E-state index contributed by atoms with van der Waals surface area (Å²) in [4.78, 5) is 38.0. The van der Waals surface area contributed by atoms with Gasteiger partial charge in [-0.15, -0.1) is 0 Å². The predicted molar refractivity (Wildman–Crippen MR) is 283 cm³/mol. The van der Waals surface area contributed by atoms with Gasteiger partial charge in [-0.1, -0.05) is 219 Å². The third-order valence-corrected chi connectivity index (χ3v) is 10.5. The minimum Gasteiger partial charge on any atom is -0.462 e. The van der Waals surface area contributed by atoms with E-state index in [1.165, 1.54) is 57.8 Å². The Morgan fingerprint density at radius 1 is 0.333 bits per heavy atom. The van der Waals surface area contributed by atoms with Crippen LogP contribution in [0.15, 0.2) is 134 Å². The first kappa shape index (κ1) is 61.5. The number of unbranched alkanes of at least 4 members (excludes halogenated alkanes) is 15. The molecule has 0 aliphatic carbocycles. The average molecular weight is 911 g/mol. The monoisotopic (exact) mass is 911 g/mol. The molecule has 0 aromatic rings. The largest absolute Gasteiger partial charge is 0.462 e. The van der Waals surface area contributed by atoms with Crippen LogP contribution in [0.25, 0.3) is 0 Å². The lowest BCUT2D eigenvalue weighted by Gasteiger charge is -2.18. The standard InChI is InChI=1S/C60H94O6/c1-4-7-10-13-16-19-22-25-27-29-31-32-35-38-41-44-47-50-53-59(62)65-56-57(55-64-58(61)52-49-46-43-40-37-34-24-21-18-15-12-9-6-3)66-60(63)54-51-48-45-42-39-36-33-30-28-26-23-20-17-14-11-8-5-2/h8,11,16-17,19-20,22,25-29,31-34,36-37,42-43,45-46,57H,4-7,9-10,12-15,18,21,23-24,30,35,38-41,44,47-56H2,1-3H3/b11-8+,19-16+,20-17+,25-22+,28-26+,29-27+,32-31+,36-33+,37-34+,45-42+,46-43+. The van der Waals surface area contributed by atoms with E-state index >= 15 is 0 Å². The Kier molecular flexibility index (Phi) is 49.6. The molecule has 0 spiro atoms. The number of hydrogen-bond donors (Lipinski definition) is 0. The molecule has 0 heterocycles. The van der Waals surface area contributed by atoms with Crippen LogP contribution in [0.4, 0.5) is 0 Å². The summed E-state index contributed by atoms with van der Waals surface area (Å²) in [5.74, 6) is -1.09. The van der Waals surface area contributed by atoms with Gasteiger partial charge < -0.3 is 14.2 Å². The number of carbonyl (C=O) groups excluding carboxylic acids is 3. The third kappa shape index (κ3) is 50.5. The first-order valence-corrected chi connectivity index (χ1v) is 26.2. The van der Waals surface area contributed by atoms with Gasteiger partial charge in [0.25, 0.3) is 0 Å². The number of allylic oxidation sites excluding steroid dienone is 22. The van der Waals surface area contributed by atoms with Crippen molar-refractivity contribution in [2.24, 2.45) is 0 Å². The van der Waals surface area contributed by atoms with Gasteiger partial charge in [0.2, 0.25) is 0 Å². The zero-order valence-electron chi connectivity index (χ0n) is 42.1. The van der Waals surface area contributed by atoms with Crippen LogP contribution in [0.2, 0.25) is 0 Å². The van der Waals surface area contributed by atoms with Crippen molar-refractivity contribution in [1.29, 1.82) is 0 Å². The summed E-state index contributed by atoms with van der Waals surface area (Å²) >= 11 is 0. The van der Waals surface area contributed by atoms with Crippen LogP contribution < -0.4 is 0 Å². The number of rotatable bonds is 45. The van der Waals surface area contributed by atoms with Crippen molar-refractivity contribution in [3.8, 4) is 0 Å². The Balaban J connectivity index is 4.62. The third-order valence-electron chi connectivity index (χ3n) is 10.5. The molecular weight excluding hydrogens is 817 g/mol. The highest BCUT2D eigenvalue weighted by Crippen LogP contribution is 2.11. The van der Waals surface area contributed by atoms with Gasteiger partial charge in [0, 0.05) is 19.3 Å². The second-order valence-electron chi connectivity index (χ2n) is 16.8. The first-order valence-electron chi connectivity index (χ1n) is 26.2. The molecule has 0 aromatic heterocycles. The van der Waals surface area contributed by atoms with Crippen LogP contribution in [0.5, 0.6) is 0 Å². The fourth-order valence-corrected chi connectivity index (χ4v) is 6.54. The Hall–Kier alpha value is -4.45. The topological polar surface area (TPSA) is 78.9 Å². The maximum absolute atomic E-state index is 12.8. The van der Waals surface area contributed by atoms with E-state index in [1.807, 2.05) is 6.08 Å². The maximum Gasteiger partial charge on any atom is 0.306 e. The zero-order chi connectivity index (χ0) is 47.9. The highest BCUT2D eigenvalue weighted by molar-refractivity contribution is 5.71. The molecule has 0 amide bonds. The molecule has 0 N–H and O–H groups in total. The predicted octanol–water partition coefficient (Wildman–Crippen LogP) is 17.5. The summed E-state index contributed by atoms with van der Waals surface area (Å²) in [5, 5.41) is 0. The van der Waals surface area contributed by atoms with Crippen molar-refractivity contribution in [2.45, 2.75) is 213 Å². The van der Waals surface area contributed by atoms with Gasteiger partial charge >= 0.3 is 17.9 Å². The molecule has 1 atom stereocenters. The van der Waals surface area contributed by atoms with Crippen molar-refractivity contribution in [3.63, 3.8) is 0 Å². The Labute approximate surface area is 405 Å². The van der Waals surface area contributed by atoms with E-state index in [0.717, 1.165) is 96.3 Å². The molecule has 6 nitrogen and oxygen atoms in total. The van der Waals surface area contributed by atoms with E-state index in [0.29, 0.717) is 19.3 Å². The second-order valence-corrected chi connectivity index (χ2v) is 16.8. The van der Waals surface area contributed by atoms with Gasteiger partial charge in [-0.2, -0.15) is 0 Å². The van der Waals surface area contributed by atoms with E-state index in [1.54, 1.807) is 0 Å². The zero-order valence-corrected chi connectivity index (χ0v) is 42.1. The van der Waals surface area contributed by atoms with Gasteiger partial charge in [0.05, 0.1) is 0 Å². The number of ether oxygens (including phenoxy) is 3. The number of carbonyl (C=O) groups is 3. The van der Waals surface area contributed by atoms with Crippen molar-refractivity contribution < 1.29 is 28.6 Å². The van der Waals surface area contributed by atoms with E-state index < -0.39 is 12.1 Å². The summed E-state index contributed by atoms with van der Waals surface area (Å²) in [7, 11) is 0. The molecular formula is C60H94O6. The van der Waals surface area contributed by atoms with E-state index in [2.05, 4.69) is 148 Å². The molecule has 1 unspecified atom stereocenters. The molecule has 0 radical (unpaired) electrons. The van der Waals surface area contributed by atoms with E-state index in [9.17, 15) is 14.4 Å². The van der Waals surface area contributed by atoms with Crippen LogP contribution in [0.3, 0.4) is 0 Å². The molecule has 0 aromatic carbocycles. The van der Waals surface area contributed by atoms with Gasteiger partial charge in [0.1, 0.15) is 13.2 Å². The first-order chi connectivity index (χ1) is 32.5. The van der Waals surface area contributed by atoms with E-state index in [-0.39, 0.29) is 38.0 Å². The fraction of sp³-hybridized carbons (Fsp3) is 0.583. The quantitative estimate of drug-likeness (QED) is 0.0199. The van der Waals surface area contributed by atoms with Crippen molar-refractivity contribution in [2.75, 3.05) is 13.2 Å². The summed E-state index contributed by atoms with van der Waals surface area (Å²) in [5.41, 5.74) is 0. The molecule has 0 saturated heterocycles. The van der Waals surface area contributed by atoms with Gasteiger partial charge in [-0.25, -0.2) is 0 Å². The maximum atomic E-state index is 12.8. The summed E-state index contributed by atoms with van der Waals surface area (Å²) in [6, 6.07) is 0. The fourth-order valence-electron chi connectivity index (χ4n) is 6.54. The molecule has 0 fully saturated rings. The average Bonchev–Trinajstić information content (AvgIpc) is 3.31. The molecule has 66 heavy (non-hydrogen) atoms. The van der Waals surface area contributed by atoms with Crippen molar-refractivity contribution in [3.05, 3.63) is 134 Å². The Morgan fingerprint density at radius 2 is 0.697 bits per heavy atom. The normalized spacial score (nSPS) is 13.2. The Bertz CT molecular complexity index is 1460. The number of hydrogen-bond acceptors (Lipinski definition) is 6. The molecule has 6 heteroatoms. The van der Waals surface area contributed by atoms with Gasteiger partial charge in [-0.3, -0.25) is 14.4 Å². The number of esters is 3. The van der Waals surface area contributed by atoms with Crippen LogP contribution in [0, 0.1) is 0 Å². The highest BCUT2D eigenvalue weighted by Gasteiger charge is 2.19. The van der Waals surface area contributed by atoms with Gasteiger partial charge in [-0.05, 0) is 103 Å². The minimum atomic E-state index is -0.845.